The van der Waals surface area contributed by atoms with Crippen LogP contribution < -0.4 is 11.3 Å². The normalized spacial score (nSPS) is 10.4. The maximum absolute atomic E-state index is 11.4. The molecule has 0 fully saturated rings. The fourth-order valence-electron chi connectivity index (χ4n) is 1.45. The van der Waals surface area contributed by atoms with Crippen molar-refractivity contribution in [3.63, 3.8) is 0 Å². The number of hydrogen-bond acceptors (Lipinski definition) is 2. The molecule has 0 amide bonds. The zero-order valence-corrected chi connectivity index (χ0v) is 9.51. The molecular weight excluding hydrogens is 224 g/mol. The Morgan fingerprint density at radius 1 is 1.25 bits per heavy atom. The Hall–Kier alpha value is -1.74. The van der Waals surface area contributed by atoms with E-state index in [4.69, 9.17) is 17.3 Å². The first-order chi connectivity index (χ1) is 7.58. The molecule has 0 aliphatic carbocycles. The summed E-state index contributed by atoms with van der Waals surface area (Å²) >= 11 is 5.69. The Balaban J connectivity index is 2.57. The number of rotatable bonds is 1. The van der Waals surface area contributed by atoms with E-state index in [1.165, 1.54) is 0 Å². The Morgan fingerprint density at radius 3 is 2.44 bits per heavy atom. The number of pyridine rings is 1. The van der Waals surface area contributed by atoms with Gasteiger partial charge in [-0.15, -0.1) is 0 Å². The van der Waals surface area contributed by atoms with Crippen molar-refractivity contribution in [3.8, 4) is 11.3 Å². The van der Waals surface area contributed by atoms with E-state index in [-0.39, 0.29) is 10.6 Å². The van der Waals surface area contributed by atoms with E-state index in [2.05, 4.69) is 4.98 Å². The molecule has 2 rings (SSSR count). The lowest BCUT2D eigenvalue weighted by Crippen LogP contribution is -2.09. The van der Waals surface area contributed by atoms with Crippen molar-refractivity contribution >= 4 is 17.3 Å². The molecule has 4 heteroatoms. The van der Waals surface area contributed by atoms with Gasteiger partial charge in [0.05, 0.1) is 11.4 Å². The third kappa shape index (κ3) is 1.95. The van der Waals surface area contributed by atoms with Crippen molar-refractivity contribution in [1.29, 1.82) is 0 Å². The van der Waals surface area contributed by atoms with Crippen LogP contribution in [-0.2, 0) is 0 Å². The van der Waals surface area contributed by atoms with Crippen molar-refractivity contribution in [2.24, 2.45) is 0 Å². The number of H-pyrrole nitrogens is 1. The van der Waals surface area contributed by atoms with E-state index in [0.717, 1.165) is 11.1 Å². The summed E-state index contributed by atoms with van der Waals surface area (Å²) in [6.45, 7) is 2.00. The fraction of sp³-hybridized carbons (Fsp3) is 0.0833. The monoisotopic (exact) mass is 234 g/mol. The lowest BCUT2D eigenvalue weighted by atomic mass is 10.1. The van der Waals surface area contributed by atoms with Crippen LogP contribution in [-0.4, -0.2) is 4.98 Å². The van der Waals surface area contributed by atoms with Gasteiger partial charge in [-0.05, 0) is 18.6 Å². The third-order valence-electron chi connectivity index (χ3n) is 2.36. The van der Waals surface area contributed by atoms with Gasteiger partial charge in [-0.2, -0.15) is 0 Å². The summed E-state index contributed by atoms with van der Waals surface area (Å²) in [4.78, 5) is 14.1. The van der Waals surface area contributed by atoms with Crippen LogP contribution in [0.4, 0.5) is 5.69 Å². The topological polar surface area (TPSA) is 58.9 Å². The van der Waals surface area contributed by atoms with Crippen LogP contribution >= 0.6 is 11.6 Å². The molecule has 0 saturated carbocycles. The van der Waals surface area contributed by atoms with E-state index >= 15 is 0 Å². The largest absolute Gasteiger partial charge is 0.397 e. The summed E-state index contributed by atoms with van der Waals surface area (Å²) in [5, 5.41) is 0.0378. The first kappa shape index (κ1) is 10.8. The summed E-state index contributed by atoms with van der Waals surface area (Å²) in [7, 11) is 0. The molecule has 82 valence electrons. The maximum atomic E-state index is 11.4. The van der Waals surface area contributed by atoms with Crippen LogP contribution in [0.3, 0.4) is 0 Å². The van der Waals surface area contributed by atoms with Crippen LogP contribution in [0, 0.1) is 6.92 Å². The average molecular weight is 235 g/mol. The SMILES string of the molecule is Cc1ccc(-c2cc(N)c(Cl)c(=O)[nH]2)cc1. The highest BCUT2D eigenvalue weighted by atomic mass is 35.5. The van der Waals surface area contributed by atoms with Crippen molar-refractivity contribution < 1.29 is 0 Å². The first-order valence-electron chi connectivity index (χ1n) is 4.83. The number of benzene rings is 1. The second-order valence-corrected chi connectivity index (χ2v) is 4.03. The molecule has 1 heterocycles. The van der Waals surface area contributed by atoms with E-state index in [1.54, 1.807) is 6.07 Å². The quantitative estimate of drug-likeness (QED) is 0.797. The molecule has 0 aliphatic rings. The molecular formula is C12H11ClN2O. The number of halogens is 1. The lowest BCUT2D eigenvalue weighted by Gasteiger charge is -2.04. The van der Waals surface area contributed by atoms with Crippen LogP contribution in [0.5, 0.6) is 0 Å². The van der Waals surface area contributed by atoms with Crippen LogP contribution in [0.1, 0.15) is 5.56 Å². The first-order valence-corrected chi connectivity index (χ1v) is 5.21. The molecule has 0 radical (unpaired) electrons. The second-order valence-electron chi connectivity index (χ2n) is 3.65. The van der Waals surface area contributed by atoms with Crippen LogP contribution in [0.15, 0.2) is 35.1 Å². The Bertz CT molecular complexity index is 573. The molecule has 0 unspecified atom stereocenters. The van der Waals surface area contributed by atoms with Gasteiger partial charge in [0, 0.05) is 0 Å². The number of anilines is 1. The average Bonchev–Trinajstić information content (AvgIpc) is 2.26. The van der Waals surface area contributed by atoms with Gasteiger partial charge < -0.3 is 10.7 Å². The van der Waals surface area contributed by atoms with E-state index in [1.807, 2.05) is 31.2 Å². The highest BCUT2D eigenvalue weighted by Crippen LogP contribution is 2.21. The number of nitrogens with one attached hydrogen (secondary N) is 1. The molecule has 0 saturated heterocycles. The number of hydrogen-bond donors (Lipinski definition) is 2. The molecule has 0 spiro atoms. The molecule has 3 N–H and O–H groups in total. The third-order valence-corrected chi connectivity index (χ3v) is 2.75. The summed E-state index contributed by atoms with van der Waals surface area (Å²) < 4.78 is 0. The second kappa shape index (κ2) is 4.02. The van der Waals surface area contributed by atoms with Gasteiger partial charge in [-0.25, -0.2) is 0 Å². The molecule has 3 nitrogen and oxygen atoms in total. The van der Waals surface area contributed by atoms with Crippen molar-refractivity contribution in [3.05, 3.63) is 51.3 Å². The molecule has 16 heavy (non-hydrogen) atoms. The summed E-state index contributed by atoms with van der Waals surface area (Å²) in [5.41, 5.74) is 8.31. The van der Waals surface area contributed by atoms with Gasteiger partial charge in [0.2, 0.25) is 0 Å². The zero-order valence-electron chi connectivity index (χ0n) is 8.75. The summed E-state index contributed by atoms with van der Waals surface area (Å²) in [6, 6.07) is 9.45. The highest BCUT2D eigenvalue weighted by molar-refractivity contribution is 6.32. The Labute approximate surface area is 97.9 Å². The van der Waals surface area contributed by atoms with Crippen molar-refractivity contribution in [2.75, 3.05) is 5.73 Å². The molecule has 2 aromatic rings. The minimum Gasteiger partial charge on any atom is -0.397 e. The van der Waals surface area contributed by atoms with Gasteiger partial charge >= 0.3 is 0 Å². The van der Waals surface area contributed by atoms with E-state index < -0.39 is 0 Å². The lowest BCUT2D eigenvalue weighted by molar-refractivity contribution is 1.24. The van der Waals surface area contributed by atoms with Gasteiger partial charge in [-0.1, -0.05) is 41.4 Å². The Morgan fingerprint density at radius 2 is 1.88 bits per heavy atom. The fourth-order valence-corrected chi connectivity index (χ4v) is 1.55. The van der Waals surface area contributed by atoms with Gasteiger partial charge in [-0.3, -0.25) is 4.79 Å². The predicted octanol–water partition coefficient (Wildman–Crippen LogP) is 2.59. The molecule has 1 aromatic carbocycles. The molecule has 1 aromatic heterocycles. The van der Waals surface area contributed by atoms with Gasteiger partial charge in [0.15, 0.2) is 0 Å². The van der Waals surface area contributed by atoms with Crippen molar-refractivity contribution in [2.45, 2.75) is 6.92 Å². The highest BCUT2D eigenvalue weighted by Gasteiger charge is 2.05. The summed E-state index contributed by atoms with van der Waals surface area (Å²) in [5.74, 6) is 0. The standard InChI is InChI=1S/C12H11ClN2O/c1-7-2-4-8(5-3-7)10-6-9(14)11(13)12(16)15-10/h2-6H,1H3,(H3,14,15,16). The van der Waals surface area contributed by atoms with E-state index in [0.29, 0.717) is 11.4 Å². The zero-order chi connectivity index (χ0) is 11.7. The number of nitrogen functional groups attached to an aromatic ring is 1. The number of aromatic amines is 1. The van der Waals surface area contributed by atoms with Crippen LogP contribution in [0.25, 0.3) is 11.3 Å². The molecule has 0 atom stereocenters. The molecule has 0 bridgehead atoms. The number of aryl methyl sites for hydroxylation is 1. The maximum Gasteiger partial charge on any atom is 0.269 e. The predicted molar refractivity (Wildman–Crippen MR) is 66.7 cm³/mol. The van der Waals surface area contributed by atoms with Gasteiger partial charge in [0.1, 0.15) is 5.02 Å². The smallest absolute Gasteiger partial charge is 0.269 e. The number of nitrogens with two attached hydrogens (primary N) is 1. The summed E-state index contributed by atoms with van der Waals surface area (Å²) in [6.07, 6.45) is 0. The molecule has 0 aliphatic heterocycles. The Kier molecular flexibility index (Phi) is 2.71. The number of aromatic nitrogens is 1. The van der Waals surface area contributed by atoms with E-state index in [9.17, 15) is 4.79 Å². The van der Waals surface area contributed by atoms with Crippen molar-refractivity contribution in [1.82, 2.24) is 4.98 Å². The minimum absolute atomic E-state index is 0.0378. The van der Waals surface area contributed by atoms with Gasteiger partial charge in [0.25, 0.3) is 5.56 Å². The van der Waals surface area contributed by atoms with Crippen LogP contribution in [0.2, 0.25) is 5.02 Å². The minimum atomic E-state index is -0.364.